The van der Waals surface area contributed by atoms with E-state index < -0.39 is 33.2 Å². The summed E-state index contributed by atoms with van der Waals surface area (Å²) < 4.78 is 63.5. The number of hydrogen-bond acceptors (Lipinski definition) is 6. The Kier molecular flexibility index (Phi) is 5.48. The van der Waals surface area contributed by atoms with Gasteiger partial charge >= 0.3 is 6.18 Å². The summed E-state index contributed by atoms with van der Waals surface area (Å²) in [5.74, 6) is -1.86. The lowest BCUT2D eigenvalue weighted by Crippen LogP contribution is -2.44. The van der Waals surface area contributed by atoms with Gasteiger partial charge in [-0.1, -0.05) is 23.7 Å². The molecule has 0 bridgehead atoms. The summed E-state index contributed by atoms with van der Waals surface area (Å²) in [6, 6.07) is 7.05. The Morgan fingerprint density at radius 1 is 1.14 bits per heavy atom. The molecule has 2 aromatic rings. The number of amides is 1. The first-order chi connectivity index (χ1) is 13.1. The first-order valence-electron chi connectivity index (χ1n) is 8.03. The van der Waals surface area contributed by atoms with E-state index in [1.54, 1.807) is 24.3 Å². The van der Waals surface area contributed by atoms with Crippen molar-refractivity contribution in [2.45, 2.75) is 6.18 Å². The van der Waals surface area contributed by atoms with Gasteiger partial charge in [0.25, 0.3) is 5.91 Å². The van der Waals surface area contributed by atoms with E-state index in [1.165, 1.54) is 0 Å². The summed E-state index contributed by atoms with van der Waals surface area (Å²) >= 11 is 5.97. The van der Waals surface area contributed by atoms with E-state index in [2.05, 4.69) is 15.5 Å². The Balaban J connectivity index is 1.91. The molecule has 28 heavy (non-hydrogen) atoms. The van der Waals surface area contributed by atoms with Crippen LogP contribution in [0.1, 0.15) is 16.1 Å². The average molecular weight is 435 g/mol. The van der Waals surface area contributed by atoms with Crippen LogP contribution >= 0.6 is 11.6 Å². The summed E-state index contributed by atoms with van der Waals surface area (Å²) in [6.45, 7) is -0.389. The summed E-state index contributed by atoms with van der Waals surface area (Å²) in [7, 11) is -3.29. The number of para-hydroxylation sites is 1. The number of halogens is 4. The van der Waals surface area contributed by atoms with Crippen LogP contribution in [0.15, 0.2) is 30.3 Å². The second-order valence-electron chi connectivity index (χ2n) is 6.04. The minimum atomic E-state index is -4.86. The zero-order chi connectivity index (χ0) is 20.5. The van der Waals surface area contributed by atoms with Gasteiger partial charge < -0.3 is 10.2 Å². The van der Waals surface area contributed by atoms with E-state index in [9.17, 15) is 26.4 Å². The highest BCUT2D eigenvalue weighted by molar-refractivity contribution is 7.91. The second kappa shape index (κ2) is 7.55. The van der Waals surface area contributed by atoms with E-state index in [4.69, 9.17) is 11.6 Å². The monoisotopic (exact) mass is 434 g/mol. The van der Waals surface area contributed by atoms with Crippen molar-refractivity contribution < 1.29 is 26.4 Å². The van der Waals surface area contributed by atoms with Crippen LogP contribution in [0.5, 0.6) is 0 Å². The molecule has 1 amide bonds. The second-order valence-corrected chi connectivity index (χ2v) is 8.75. The van der Waals surface area contributed by atoms with Crippen molar-refractivity contribution in [2.75, 3.05) is 29.9 Å². The number of anilines is 2. The number of hydrogen-bond donors (Lipinski definition) is 1. The predicted octanol–water partition coefficient (Wildman–Crippen LogP) is 2.76. The molecule has 1 aliphatic heterocycles. The molecule has 1 N–H and O–H groups in total. The Morgan fingerprint density at radius 2 is 1.79 bits per heavy atom. The smallest absolute Gasteiger partial charge is 0.338 e. The molecule has 0 radical (unpaired) electrons. The summed E-state index contributed by atoms with van der Waals surface area (Å²) in [5, 5.41) is 10.0. The Labute approximate surface area is 163 Å². The molecule has 1 saturated heterocycles. The van der Waals surface area contributed by atoms with Crippen LogP contribution in [0, 0.1) is 0 Å². The maximum atomic E-state index is 13.5. The number of rotatable bonds is 3. The van der Waals surface area contributed by atoms with Gasteiger partial charge in [0.1, 0.15) is 0 Å². The van der Waals surface area contributed by atoms with Crippen LogP contribution in [0.3, 0.4) is 0 Å². The molecule has 3 rings (SSSR count). The molecule has 1 aliphatic rings. The van der Waals surface area contributed by atoms with Crippen molar-refractivity contribution in [1.82, 2.24) is 15.1 Å². The Bertz CT molecular complexity index is 1000. The number of benzene rings is 1. The first-order valence-corrected chi connectivity index (χ1v) is 10.2. The van der Waals surface area contributed by atoms with Gasteiger partial charge in [-0.2, -0.15) is 13.2 Å². The van der Waals surface area contributed by atoms with Crippen LogP contribution in [0.4, 0.5) is 24.7 Å². The molecular weight excluding hydrogens is 421 g/mol. The summed E-state index contributed by atoms with van der Waals surface area (Å²) in [5.41, 5.74) is -1.82. The number of sulfone groups is 1. The zero-order valence-corrected chi connectivity index (χ0v) is 15.8. The van der Waals surface area contributed by atoms with Crippen LogP contribution in [0.25, 0.3) is 0 Å². The maximum absolute atomic E-state index is 13.5. The van der Waals surface area contributed by atoms with Crippen LogP contribution in [0.2, 0.25) is 5.02 Å². The third-order valence-electron chi connectivity index (χ3n) is 4.07. The standard InChI is InChI=1S/C16H14ClF3N4O3S/c17-11-3-1-2-4-12(11)21-13-9-10(16(18,19)20)14(23-22-13)15(25)24-5-7-28(26,27)8-6-24/h1-4,9H,5-8H2,(H,21,22). The van der Waals surface area contributed by atoms with E-state index in [-0.39, 0.29) is 35.4 Å². The molecule has 0 atom stereocenters. The van der Waals surface area contributed by atoms with Gasteiger partial charge in [0.15, 0.2) is 21.3 Å². The number of alkyl halides is 3. The fraction of sp³-hybridized carbons (Fsp3) is 0.312. The number of nitrogens with one attached hydrogen (secondary N) is 1. The van der Waals surface area contributed by atoms with Gasteiger partial charge in [-0.3, -0.25) is 4.79 Å². The molecule has 0 unspecified atom stereocenters. The van der Waals surface area contributed by atoms with E-state index in [1.807, 2.05) is 0 Å². The van der Waals surface area contributed by atoms with Gasteiger partial charge in [-0.25, -0.2) is 8.42 Å². The predicted molar refractivity (Wildman–Crippen MR) is 96.3 cm³/mol. The Morgan fingerprint density at radius 3 is 2.39 bits per heavy atom. The number of carbonyl (C=O) groups is 1. The first kappa shape index (κ1) is 20.3. The quantitative estimate of drug-likeness (QED) is 0.798. The van der Waals surface area contributed by atoms with E-state index in [0.29, 0.717) is 11.8 Å². The van der Waals surface area contributed by atoms with E-state index in [0.717, 1.165) is 4.90 Å². The van der Waals surface area contributed by atoms with E-state index >= 15 is 0 Å². The average Bonchev–Trinajstić information content (AvgIpc) is 2.62. The zero-order valence-electron chi connectivity index (χ0n) is 14.2. The molecule has 1 fully saturated rings. The minimum absolute atomic E-state index is 0.195. The van der Waals surface area contributed by atoms with Crippen molar-refractivity contribution in [1.29, 1.82) is 0 Å². The van der Waals surface area contributed by atoms with Crippen LogP contribution in [-0.4, -0.2) is 54.0 Å². The highest BCUT2D eigenvalue weighted by atomic mass is 35.5. The van der Waals surface area contributed by atoms with Crippen molar-refractivity contribution >= 4 is 38.9 Å². The fourth-order valence-corrected chi connectivity index (χ4v) is 3.98. The van der Waals surface area contributed by atoms with Gasteiger partial charge in [-0.05, 0) is 18.2 Å². The number of nitrogens with zero attached hydrogens (tertiary/aromatic N) is 3. The van der Waals surface area contributed by atoms with Crippen molar-refractivity contribution in [3.05, 3.63) is 46.6 Å². The molecule has 2 heterocycles. The largest absolute Gasteiger partial charge is 0.418 e. The molecule has 150 valence electrons. The third kappa shape index (κ3) is 4.53. The summed E-state index contributed by atoms with van der Waals surface area (Å²) in [4.78, 5) is 13.5. The highest BCUT2D eigenvalue weighted by Gasteiger charge is 2.39. The van der Waals surface area contributed by atoms with Crippen molar-refractivity contribution in [2.24, 2.45) is 0 Å². The molecule has 0 saturated carbocycles. The highest BCUT2D eigenvalue weighted by Crippen LogP contribution is 2.34. The molecule has 7 nitrogen and oxygen atoms in total. The maximum Gasteiger partial charge on any atom is 0.418 e. The number of carbonyl (C=O) groups excluding carboxylic acids is 1. The molecular formula is C16H14ClF3N4O3S. The lowest BCUT2D eigenvalue weighted by Gasteiger charge is -2.27. The SMILES string of the molecule is O=C(c1nnc(Nc2ccccc2Cl)cc1C(F)(F)F)N1CCS(=O)(=O)CC1. The molecule has 0 spiro atoms. The fourth-order valence-electron chi connectivity index (χ4n) is 2.59. The molecule has 1 aromatic carbocycles. The van der Waals surface area contributed by atoms with Crippen molar-refractivity contribution in [3.8, 4) is 0 Å². The third-order valence-corrected chi connectivity index (χ3v) is 6.01. The van der Waals surface area contributed by atoms with Gasteiger partial charge in [0.2, 0.25) is 0 Å². The molecule has 12 heteroatoms. The Hall–Kier alpha value is -2.40. The lowest BCUT2D eigenvalue weighted by molar-refractivity contribution is -0.138. The summed E-state index contributed by atoms with van der Waals surface area (Å²) in [6.07, 6.45) is -4.86. The number of aromatic nitrogens is 2. The minimum Gasteiger partial charge on any atom is -0.338 e. The lowest BCUT2D eigenvalue weighted by atomic mass is 10.1. The topological polar surface area (TPSA) is 92.3 Å². The van der Waals surface area contributed by atoms with Crippen LogP contribution < -0.4 is 5.32 Å². The van der Waals surface area contributed by atoms with Crippen molar-refractivity contribution in [3.63, 3.8) is 0 Å². The van der Waals surface area contributed by atoms with Crippen LogP contribution in [-0.2, 0) is 16.0 Å². The molecule has 1 aromatic heterocycles. The normalized spacial score (nSPS) is 16.6. The molecule has 0 aliphatic carbocycles. The van der Waals surface area contributed by atoms with Gasteiger partial charge in [-0.15, -0.1) is 10.2 Å². The van der Waals surface area contributed by atoms with Gasteiger partial charge in [0.05, 0.1) is 27.8 Å². The van der Waals surface area contributed by atoms with Gasteiger partial charge in [0, 0.05) is 13.1 Å².